The van der Waals surface area contributed by atoms with E-state index in [-0.39, 0.29) is 24.7 Å². The van der Waals surface area contributed by atoms with Gasteiger partial charge in [0.25, 0.3) is 5.91 Å². The summed E-state index contributed by atoms with van der Waals surface area (Å²) >= 11 is 0. The highest BCUT2D eigenvalue weighted by Crippen LogP contribution is 2.33. The number of anilines is 1. The first kappa shape index (κ1) is 21.8. The molecule has 6 nitrogen and oxygen atoms in total. The lowest BCUT2D eigenvalue weighted by Gasteiger charge is -2.16. The number of fused-ring (bicyclic) bond motifs is 1. The summed E-state index contributed by atoms with van der Waals surface area (Å²) in [5, 5.41) is 4.51. The van der Waals surface area contributed by atoms with Gasteiger partial charge >= 0.3 is 11.9 Å². The number of nitrogens with one attached hydrogen (secondary N) is 1. The van der Waals surface area contributed by atoms with Crippen molar-refractivity contribution >= 4 is 39.9 Å². The lowest BCUT2D eigenvalue weighted by molar-refractivity contribution is -0.139. The molecule has 158 valence electrons. The molecular weight excluding hydrogens is 394 g/mol. The molecule has 0 aliphatic carbocycles. The van der Waals surface area contributed by atoms with Crippen LogP contribution in [0.5, 0.6) is 0 Å². The van der Waals surface area contributed by atoms with Gasteiger partial charge in [-0.3, -0.25) is 4.79 Å². The fourth-order valence-corrected chi connectivity index (χ4v) is 3.16. The molecule has 0 aliphatic rings. The highest BCUT2D eigenvalue weighted by atomic mass is 16.5. The second-order valence-corrected chi connectivity index (χ2v) is 6.56. The molecule has 0 atom stereocenters. The second-order valence-electron chi connectivity index (χ2n) is 6.56. The van der Waals surface area contributed by atoms with Gasteiger partial charge in [-0.2, -0.15) is 0 Å². The molecular formula is C25H23NO5. The molecule has 1 amide bonds. The van der Waals surface area contributed by atoms with E-state index in [2.05, 4.69) is 5.32 Å². The molecule has 0 aliphatic heterocycles. The monoisotopic (exact) mass is 417 g/mol. The van der Waals surface area contributed by atoms with Crippen molar-refractivity contribution in [3.8, 4) is 0 Å². The summed E-state index contributed by atoms with van der Waals surface area (Å²) in [6.45, 7) is 3.66. The highest BCUT2D eigenvalue weighted by Gasteiger charge is 2.22. The summed E-state index contributed by atoms with van der Waals surface area (Å²) in [4.78, 5) is 37.8. The van der Waals surface area contributed by atoms with Crippen LogP contribution in [0, 0.1) is 0 Å². The predicted molar refractivity (Wildman–Crippen MR) is 120 cm³/mol. The molecule has 0 spiro atoms. The van der Waals surface area contributed by atoms with Crippen molar-refractivity contribution in [2.24, 2.45) is 0 Å². The predicted octanol–water partition coefficient (Wildman–Crippen LogP) is 4.60. The Balaban J connectivity index is 2.17. The summed E-state index contributed by atoms with van der Waals surface area (Å²) in [5.41, 5.74) is 1.26. The minimum absolute atomic E-state index is 0.00872. The Morgan fingerprint density at radius 3 is 2.23 bits per heavy atom. The molecule has 0 unspecified atom stereocenters. The van der Waals surface area contributed by atoms with Crippen LogP contribution < -0.4 is 5.32 Å². The topological polar surface area (TPSA) is 81.7 Å². The maximum absolute atomic E-state index is 12.9. The van der Waals surface area contributed by atoms with Crippen molar-refractivity contribution in [2.75, 3.05) is 18.5 Å². The summed E-state index contributed by atoms with van der Waals surface area (Å²) < 4.78 is 10.2. The van der Waals surface area contributed by atoms with Crippen LogP contribution in [-0.2, 0) is 19.1 Å². The van der Waals surface area contributed by atoms with Crippen LogP contribution in [0.25, 0.3) is 16.3 Å². The molecule has 3 rings (SSSR count). The van der Waals surface area contributed by atoms with E-state index >= 15 is 0 Å². The minimum atomic E-state index is -0.680. The number of benzene rings is 3. The Morgan fingerprint density at radius 2 is 1.52 bits per heavy atom. The Kier molecular flexibility index (Phi) is 7.17. The zero-order valence-electron chi connectivity index (χ0n) is 17.4. The minimum Gasteiger partial charge on any atom is -0.463 e. The molecule has 6 heteroatoms. The zero-order chi connectivity index (χ0) is 22.2. The normalized spacial score (nSPS) is 11.1. The summed E-state index contributed by atoms with van der Waals surface area (Å²) in [7, 11) is 0. The average molecular weight is 417 g/mol. The van der Waals surface area contributed by atoms with Crippen LogP contribution in [0.4, 0.5) is 5.69 Å². The second kappa shape index (κ2) is 10.2. The number of rotatable bonds is 7. The molecule has 0 heterocycles. The summed E-state index contributed by atoms with van der Waals surface area (Å²) in [6, 6.07) is 19.7. The van der Waals surface area contributed by atoms with Gasteiger partial charge in [0, 0.05) is 22.6 Å². The van der Waals surface area contributed by atoms with Crippen molar-refractivity contribution in [1.82, 2.24) is 0 Å². The van der Waals surface area contributed by atoms with E-state index in [9.17, 15) is 14.4 Å². The third-order valence-corrected chi connectivity index (χ3v) is 4.54. The molecule has 0 saturated carbocycles. The fraction of sp³-hybridized carbons (Fsp3) is 0.160. The van der Waals surface area contributed by atoms with Crippen LogP contribution >= 0.6 is 0 Å². The average Bonchev–Trinajstić information content (AvgIpc) is 2.79. The van der Waals surface area contributed by atoms with Gasteiger partial charge in [0.2, 0.25) is 0 Å². The van der Waals surface area contributed by atoms with E-state index in [4.69, 9.17) is 9.47 Å². The lowest BCUT2D eigenvalue weighted by atomic mass is 9.97. The standard InChI is InChI=1S/C25H23NO5/c1-3-30-22(27)16-21(25(29)31-4-2)20-15-14-17-10-8-9-13-19(17)23(20)26-24(28)18-11-6-5-7-12-18/h5-16H,3-4H2,1-2H3,(H,26,28)/b21-16+. The van der Waals surface area contributed by atoms with Crippen LogP contribution in [0.15, 0.2) is 72.8 Å². The number of esters is 2. The first-order valence-corrected chi connectivity index (χ1v) is 9.99. The molecule has 31 heavy (non-hydrogen) atoms. The summed E-state index contributed by atoms with van der Waals surface area (Å²) in [5.74, 6) is -1.68. The van der Waals surface area contributed by atoms with Gasteiger partial charge in [-0.1, -0.05) is 54.6 Å². The smallest absolute Gasteiger partial charge is 0.339 e. The van der Waals surface area contributed by atoms with Crippen LogP contribution in [0.1, 0.15) is 29.8 Å². The fourth-order valence-electron chi connectivity index (χ4n) is 3.16. The van der Waals surface area contributed by atoms with E-state index in [1.54, 1.807) is 44.2 Å². The maximum Gasteiger partial charge on any atom is 0.339 e. The lowest BCUT2D eigenvalue weighted by Crippen LogP contribution is -2.16. The molecule has 1 N–H and O–H groups in total. The number of carbonyl (C=O) groups excluding carboxylic acids is 3. The number of carbonyl (C=O) groups is 3. The Morgan fingerprint density at radius 1 is 0.839 bits per heavy atom. The molecule has 0 bridgehead atoms. The van der Waals surface area contributed by atoms with Gasteiger partial charge in [0.1, 0.15) is 0 Å². The van der Waals surface area contributed by atoms with Gasteiger partial charge in [0.15, 0.2) is 0 Å². The van der Waals surface area contributed by atoms with Crippen LogP contribution in [0.2, 0.25) is 0 Å². The number of hydrogen-bond donors (Lipinski definition) is 1. The van der Waals surface area contributed by atoms with E-state index in [0.717, 1.165) is 16.8 Å². The van der Waals surface area contributed by atoms with E-state index in [0.29, 0.717) is 16.8 Å². The van der Waals surface area contributed by atoms with E-state index < -0.39 is 11.9 Å². The first-order valence-electron chi connectivity index (χ1n) is 9.99. The van der Waals surface area contributed by atoms with Crippen molar-refractivity contribution in [3.63, 3.8) is 0 Å². The van der Waals surface area contributed by atoms with E-state index in [1.807, 2.05) is 36.4 Å². The number of hydrogen-bond acceptors (Lipinski definition) is 5. The molecule has 3 aromatic rings. The Bertz CT molecular complexity index is 1140. The number of ether oxygens (including phenoxy) is 2. The van der Waals surface area contributed by atoms with Gasteiger partial charge < -0.3 is 14.8 Å². The highest BCUT2D eigenvalue weighted by molar-refractivity contribution is 6.24. The van der Waals surface area contributed by atoms with Crippen molar-refractivity contribution in [3.05, 3.63) is 83.9 Å². The number of amides is 1. The van der Waals surface area contributed by atoms with Crippen molar-refractivity contribution in [2.45, 2.75) is 13.8 Å². The SMILES string of the molecule is CCOC(=O)/C=C(/C(=O)OCC)c1ccc2ccccc2c1NC(=O)c1ccccc1. The van der Waals surface area contributed by atoms with Crippen LogP contribution in [0.3, 0.4) is 0 Å². The van der Waals surface area contributed by atoms with Gasteiger partial charge in [0.05, 0.1) is 24.5 Å². The van der Waals surface area contributed by atoms with Crippen molar-refractivity contribution < 1.29 is 23.9 Å². The van der Waals surface area contributed by atoms with Gasteiger partial charge in [-0.15, -0.1) is 0 Å². The Labute approximate surface area is 180 Å². The van der Waals surface area contributed by atoms with Crippen molar-refractivity contribution in [1.29, 1.82) is 0 Å². The molecule has 0 aromatic heterocycles. The zero-order valence-corrected chi connectivity index (χ0v) is 17.4. The van der Waals surface area contributed by atoms with Gasteiger partial charge in [-0.25, -0.2) is 9.59 Å². The third-order valence-electron chi connectivity index (χ3n) is 4.54. The van der Waals surface area contributed by atoms with Gasteiger partial charge in [-0.05, 0) is 31.4 Å². The Hall–Kier alpha value is -3.93. The molecule has 0 radical (unpaired) electrons. The maximum atomic E-state index is 12.9. The molecule has 3 aromatic carbocycles. The molecule has 0 saturated heterocycles. The largest absolute Gasteiger partial charge is 0.463 e. The molecule has 0 fully saturated rings. The summed E-state index contributed by atoms with van der Waals surface area (Å²) in [6.07, 6.45) is 1.10. The van der Waals surface area contributed by atoms with Crippen LogP contribution in [-0.4, -0.2) is 31.1 Å². The first-order chi connectivity index (χ1) is 15.0. The quantitative estimate of drug-likeness (QED) is 0.449. The van der Waals surface area contributed by atoms with E-state index in [1.165, 1.54) is 0 Å². The third kappa shape index (κ3) is 5.17.